The van der Waals surface area contributed by atoms with E-state index in [2.05, 4.69) is 10.4 Å². The second-order valence-electron chi connectivity index (χ2n) is 8.04. The second-order valence-corrected chi connectivity index (χ2v) is 10.3. The van der Waals surface area contributed by atoms with Crippen molar-refractivity contribution < 1.29 is 17.6 Å². The van der Waals surface area contributed by atoms with Crippen LogP contribution in [0.1, 0.15) is 44.5 Å². The Balaban J connectivity index is 1.83. The van der Waals surface area contributed by atoms with Crippen LogP contribution in [0.4, 0.5) is 10.2 Å². The van der Waals surface area contributed by atoms with Crippen LogP contribution < -0.4 is 5.32 Å². The van der Waals surface area contributed by atoms with Crippen molar-refractivity contribution in [2.45, 2.75) is 38.6 Å². The summed E-state index contributed by atoms with van der Waals surface area (Å²) in [5.74, 6) is -0.180. The van der Waals surface area contributed by atoms with Crippen molar-refractivity contribution in [2.75, 3.05) is 16.8 Å². The molecule has 2 aromatic rings. The van der Waals surface area contributed by atoms with E-state index in [0.717, 1.165) is 5.69 Å². The zero-order valence-electron chi connectivity index (χ0n) is 16.1. The number of rotatable bonds is 4. The molecule has 8 heteroatoms. The van der Waals surface area contributed by atoms with Gasteiger partial charge in [0.05, 0.1) is 23.2 Å². The van der Waals surface area contributed by atoms with Crippen molar-refractivity contribution in [3.8, 4) is 0 Å². The number of aromatic nitrogens is 2. The highest BCUT2D eigenvalue weighted by Gasteiger charge is 2.32. The molecule has 0 aliphatic carbocycles. The molecular weight excluding hydrogens is 381 g/mol. The van der Waals surface area contributed by atoms with Gasteiger partial charge in [0.1, 0.15) is 11.6 Å². The lowest BCUT2D eigenvalue weighted by Gasteiger charge is -2.15. The van der Waals surface area contributed by atoms with E-state index in [9.17, 15) is 17.6 Å². The summed E-state index contributed by atoms with van der Waals surface area (Å²) in [6.07, 6.45) is 3.30. The number of sulfone groups is 1. The van der Waals surface area contributed by atoms with E-state index in [1.54, 1.807) is 22.9 Å². The molecule has 150 valence electrons. The number of nitrogens with one attached hydrogen (secondary N) is 1. The molecule has 1 unspecified atom stereocenters. The summed E-state index contributed by atoms with van der Waals surface area (Å²) in [5.41, 5.74) is 1.08. The molecule has 1 N–H and O–H groups in total. The van der Waals surface area contributed by atoms with Gasteiger partial charge in [0.25, 0.3) is 0 Å². The maximum Gasteiger partial charge on any atom is 0.249 e. The third kappa shape index (κ3) is 4.86. The first-order valence-corrected chi connectivity index (χ1v) is 10.9. The molecule has 1 atom stereocenters. The summed E-state index contributed by atoms with van der Waals surface area (Å²) in [5, 5.41) is 7.35. The summed E-state index contributed by atoms with van der Waals surface area (Å²) >= 11 is 0. The van der Waals surface area contributed by atoms with E-state index < -0.39 is 15.7 Å². The van der Waals surface area contributed by atoms with E-state index in [1.807, 2.05) is 20.8 Å². The predicted molar refractivity (Wildman–Crippen MR) is 107 cm³/mol. The molecule has 1 aromatic heterocycles. The van der Waals surface area contributed by atoms with Gasteiger partial charge in [0, 0.05) is 17.6 Å². The topological polar surface area (TPSA) is 81.1 Å². The average Bonchev–Trinajstić information content (AvgIpc) is 3.16. The van der Waals surface area contributed by atoms with Crippen LogP contribution in [0.25, 0.3) is 6.08 Å². The Kier molecular flexibility index (Phi) is 5.43. The highest BCUT2D eigenvalue weighted by atomic mass is 32.2. The largest absolute Gasteiger partial charge is 0.307 e. The number of halogens is 1. The van der Waals surface area contributed by atoms with Crippen LogP contribution in [-0.2, 0) is 20.0 Å². The summed E-state index contributed by atoms with van der Waals surface area (Å²) in [4.78, 5) is 12.4. The van der Waals surface area contributed by atoms with Gasteiger partial charge in [-0.2, -0.15) is 5.10 Å². The molecule has 1 aromatic carbocycles. The zero-order valence-corrected chi connectivity index (χ0v) is 17.0. The molecule has 0 bridgehead atoms. The predicted octanol–water partition coefficient (Wildman–Crippen LogP) is 3.33. The summed E-state index contributed by atoms with van der Waals surface area (Å²) in [7, 11) is -3.09. The van der Waals surface area contributed by atoms with Crippen LogP contribution in [0.15, 0.2) is 36.4 Å². The fourth-order valence-electron chi connectivity index (χ4n) is 3.05. The van der Waals surface area contributed by atoms with Crippen molar-refractivity contribution in [1.82, 2.24) is 9.78 Å². The number of hydrogen-bond donors (Lipinski definition) is 1. The molecule has 6 nitrogen and oxygen atoms in total. The Hall–Kier alpha value is -2.48. The minimum absolute atomic E-state index is 0.0142. The van der Waals surface area contributed by atoms with Crippen molar-refractivity contribution in [1.29, 1.82) is 0 Å². The Bertz CT molecular complexity index is 1020. The molecule has 1 amide bonds. The van der Waals surface area contributed by atoms with Gasteiger partial charge in [-0.05, 0) is 30.2 Å². The van der Waals surface area contributed by atoms with Gasteiger partial charge >= 0.3 is 0 Å². The highest BCUT2D eigenvalue weighted by molar-refractivity contribution is 7.91. The maximum atomic E-state index is 13.2. The lowest BCUT2D eigenvalue weighted by atomic mass is 9.92. The van der Waals surface area contributed by atoms with Crippen molar-refractivity contribution >= 4 is 27.6 Å². The van der Waals surface area contributed by atoms with Crippen molar-refractivity contribution in [3.63, 3.8) is 0 Å². The van der Waals surface area contributed by atoms with E-state index in [1.165, 1.54) is 24.3 Å². The molecule has 1 aliphatic heterocycles. The molecule has 1 saturated heterocycles. The Morgan fingerprint density at radius 1 is 1.32 bits per heavy atom. The molecule has 0 spiro atoms. The zero-order chi connectivity index (χ0) is 20.5. The molecule has 1 aliphatic rings. The number of benzene rings is 1. The number of carbonyl (C=O) groups excluding carboxylic acids is 1. The minimum Gasteiger partial charge on any atom is -0.307 e. The van der Waals surface area contributed by atoms with Crippen LogP contribution in [-0.4, -0.2) is 35.6 Å². The molecule has 1 fully saturated rings. The first-order chi connectivity index (χ1) is 13.0. The fraction of sp³-hybridized carbons (Fsp3) is 0.400. The van der Waals surface area contributed by atoms with Crippen molar-refractivity contribution in [2.24, 2.45) is 0 Å². The Morgan fingerprint density at radius 2 is 2.07 bits per heavy atom. The van der Waals surface area contributed by atoms with E-state index >= 15 is 0 Å². The van der Waals surface area contributed by atoms with E-state index in [0.29, 0.717) is 17.8 Å². The molecule has 28 heavy (non-hydrogen) atoms. The van der Waals surface area contributed by atoms with E-state index in [-0.39, 0.29) is 28.8 Å². The monoisotopic (exact) mass is 405 g/mol. The van der Waals surface area contributed by atoms with Gasteiger partial charge in [-0.3, -0.25) is 4.79 Å². The lowest BCUT2D eigenvalue weighted by Crippen LogP contribution is -2.19. The van der Waals surface area contributed by atoms with Gasteiger partial charge < -0.3 is 5.32 Å². The molecular formula is C20H24FN3O3S. The van der Waals surface area contributed by atoms with Gasteiger partial charge in [-0.15, -0.1) is 0 Å². The van der Waals surface area contributed by atoms with Crippen LogP contribution in [0.3, 0.4) is 0 Å². The first kappa shape index (κ1) is 20.3. The third-order valence-corrected chi connectivity index (χ3v) is 6.34. The van der Waals surface area contributed by atoms with Crippen molar-refractivity contribution in [3.05, 3.63) is 53.5 Å². The molecule has 3 rings (SSSR count). The smallest absolute Gasteiger partial charge is 0.249 e. The molecule has 0 saturated carbocycles. The van der Waals surface area contributed by atoms with E-state index in [4.69, 9.17) is 0 Å². The van der Waals surface area contributed by atoms with Gasteiger partial charge in [-0.25, -0.2) is 17.5 Å². The summed E-state index contributed by atoms with van der Waals surface area (Å²) in [6.45, 7) is 6.00. The SMILES string of the molecule is CC(C)(C)c1cc(NC(=O)/C=C/c2cccc(F)c2)n(C2CCS(=O)(=O)C2)n1. The van der Waals surface area contributed by atoms with Gasteiger partial charge in [0.2, 0.25) is 5.91 Å². The fourth-order valence-corrected chi connectivity index (χ4v) is 4.74. The quantitative estimate of drug-likeness (QED) is 0.791. The van der Waals surface area contributed by atoms with Crippen LogP contribution in [0.2, 0.25) is 0 Å². The van der Waals surface area contributed by atoms with Crippen LogP contribution in [0, 0.1) is 5.82 Å². The maximum absolute atomic E-state index is 13.2. The first-order valence-electron chi connectivity index (χ1n) is 9.09. The number of amides is 1. The summed E-state index contributed by atoms with van der Waals surface area (Å²) < 4.78 is 38.6. The molecule has 2 heterocycles. The van der Waals surface area contributed by atoms with Gasteiger partial charge in [-0.1, -0.05) is 32.9 Å². The average molecular weight is 405 g/mol. The lowest BCUT2D eigenvalue weighted by molar-refractivity contribution is -0.111. The number of carbonyl (C=O) groups is 1. The summed E-state index contributed by atoms with van der Waals surface area (Å²) in [6, 6.07) is 7.40. The molecule has 0 radical (unpaired) electrons. The van der Waals surface area contributed by atoms with Crippen LogP contribution in [0.5, 0.6) is 0 Å². The Morgan fingerprint density at radius 3 is 2.68 bits per heavy atom. The van der Waals surface area contributed by atoms with Crippen LogP contribution >= 0.6 is 0 Å². The highest BCUT2D eigenvalue weighted by Crippen LogP contribution is 2.30. The number of hydrogen-bond acceptors (Lipinski definition) is 4. The Labute approximate surface area is 164 Å². The number of nitrogens with zero attached hydrogens (tertiary/aromatic N) is 2. The minimum atomic E-state index is -3.09. The second kappa shape index (κ2) is 7.50. The third-order valence-electron chi connectivity index (χ3n) is 4.59. The normalized spacial score (nSPS) is 19.2. The number of anilines is 1. The standard InChI is InChI=1S/C20H24FN3O3S/c1-20(2,3)17-12-18(24(23-17)16-9-10-28(26,27)13-16)22-19(25)8-7-14-5-4-6-15(21)11-14/h4-8,11-12,16H,9-10,13H2,1-3H3,(H,22,25)/b8-7+. The van der Waals surface area contributed by atoms with Gasteiger partial charge in [0.15, 0.2) is 9.84 Å².